The maximum absolute atomic E-state index is 4.60. The first kappa shape index (κ1) is 14.2. The van der Waals surface area contributed by atoms with Crippen molar-refractivity contribution in [3.8, 4) is 0 Å². The van der Waals surface area contributed by atoms with Crippen LogP contribution in [0, 0.1) is 6.92 Å². The molecule has 0 fully saturated rings. The van der Waals surface area contributed by atoms with E-state index in [1.165, 1.54) is 10.9 Å². The molecule has 3 nitrogen and oxygen atoms in total. The van der Waals surface area contributed by atoms with Crippen molar-refractivity contribution in [1.82, 2.24) is 15.3 Å². The summed E-state index contributed by atoms with van der Waals surface area (Å²) in [6.45, 7) is 5.07. The Bertz CT molecular complexity index is 722. The van der Waals surface area contributed by atoms with Crippen LogP contribution in [0.5, 0.6) is 0 Å². The van der Waals surface area contributed by atoms with Crippen molar-refractivity contribution in [3.05, 3.63) is 58.2 Å². The Morgan fingerprint density at radius 2 is 2.14 bits per heavy atom. The van der Waals surface area contributed by atoms with E-state index in [0.717, 1.165) is 29.2 Å². The van der Waals surface area contributed by atoms with Gasteiger partial charge in [0.15, 0.2) is 0 Å². The van der Waals surface area contributed by atoms with Crippen molar-refractivity contribution >= 4 is 22.2 Å². The van der Waals surface area contributed by atoms with Crippen LogP contribution in [0.3, 0.4) is 0 Å². The van der Waals surface area contributed by atoms with Gasteiger partial charge in [-0.3, -0.25) is 4.98 Å². The Morgan fingerprint density at radius 1 is 1.29 bits per heavy atom. The summed E-state index contributed by atoms with van der Waals surface area (Å²) in [5, 5.41) is 8.05. The summed E-state index contributed by atoms with van der Waals surface area (Å²) in [7, 11) is 0. The van der Waals surface area contributed by atoms with Gasteiger partial charge in [0.2, 0.25) is 0 Å². The average molecular weight is 297 g/mol. The third-order valence-electron chi connectivity index (χ3n) is 3.63. The number of fused-ring (bicyclic) bond motifs is 1. The number of pyridine rings is 1. The second kappa shape index (κ2) is 6.33. The minimum atomic E-state index is 0.317. The van der Waals surface area contributed by atoms with Crippen LogP contribution in [-0.2, 0) is 6.54 Å². The van der Waals surface area contributed by atoms with E-state index in [4.69, 9.17) is 0 Å². The topological polar surface area (TPSA) is 37.8 Å². The van der Waals surface area contributed by atoms with Crippen LogP contribution in [-0.4, -0.2) is 9.97 Å². The van der Waals surface area contributed by atoms with Crippen LogP contribution in [0.1, 0.15) is 35.7 Å². The molecule has 2 aromatic heterocycles. The fourth-order valence-corrected chi connectivity index (χ4v) is 3.38. The molecule has 0 spiro atoms. The van der Waals surface area contributed by atoms with E-state index in [2.05, 4.69) is 46.5 Å². The molecule has 108 valence electrons. The Labute approximate surface area is 129 Å². The maximum Gasteiger partial charge on any atom is 0.109 e. The summed E-state index contributed by atoms with van der Waals surface area (Å²) >= 11 is 1.71. The molecule has 4 heteroatoms. The van der Waals surface area contributed by atoms with Gasteiger partial charge >= 0.3 is 0 Å². The zero-order valence-electron chi connectivity index (χ0n) is 12.3. The minimum Gasteiger partial charge on any atom is -0.304 e. The number of rotatable bonds is 5. The molecular weight excluding hydrogens is 278 g/mol. The molecule has 1 unspecified atom stereocenters. The van der Waals surface area contributed by atoms with Crippen molar-refractivity contribution in [1.29, 1.82) is 0 Å². The van der Waals surface area contributed by atoms with E-state index < -0.39 is 0 Å². The van der Waals surface area contributed by atoms with Crippen LogP contribution in [0.15, 0.2) is 41.9 Å². The van der Waals surface area contributed by atoms with Crippen LogP contribution in [0.25, 0.3) is 10.9 Å². The molecule has 0 saturated heterocycles. The SMILES string of the molecule is CCC(NCc1cc(C)nc2ccccc12)c1nccs1. The lowest BCUT2D eigenvalue weighted by molar-refractivity contribution is 0.517. The molecule has 21 heavy (non-hydrogen) atoms. The molecule has 0 aliphatic rings. The second-order valence-electron chi connectivity index (χ2n) is 5.15. The van der Waals surface area contributed by atoms with Crippen LogP contribution in [0.2, 0.25) is 0 Å². The van der Waals surface area contributed by atoms with Gasteiger partial charge in [-0.1, -0.05) is 25.1 Å². The Balaban J connectivity index is 1.84. The van der Waals surface area contributed by atoms with Crippen molar-refractivity contribution in [2.45, 2.75) is 32.9 Å². The van der Waals surface area contributed by atoms with Crippen molar-refractivity contribution in [2.24, 2.45) is 0 Å². The van der Waals surface area contributed by atoms with E-state index in [0.29, 0.717) is 6.04 Å². The van der Waals surface area contributed by atoms with E-state index in [1.807, 2.05) is 24.6 Å². The number of hydrogen-bond acceptors (Lipinski definition) is 4. The molecule has 0 saturated carbocycles. The zero-order chi connectivity index (χ0) is 14.7. The van der Waals surface area contributed by atoms with Gasteiger partial charge in [-0.25, -0.2) is 4.98 Å². The average Bonchev–Trinajstić information content (AvgIpc) is 3.02. The molecule has 0 aliphatic carbocycles. The molecule has 3 aromatic rings. The lowest BCUT2D eigenvalue weighted by Gasteiger charge is -2.15. The predicted octanol–water partition coefficient (Wildman–Crippen LogP) is 4.24. The first-order valence-electron chi connectivity index (χ1n) is 7.26. The first-order chi connectivity index (χ1) is 10.3. The highest BCUT2D eigenvalue weighted by Crippen LogP contribution is 2.22. The number of nitrogens with one attached hydrogen (secondary N) is 1. The Kier molecular flexibility index (Phi) is 4.27. The molecule has 3 rings (SSSR count). The summed E-state index contributed by atoms with van der Waals surface area (Å²) in [5.74, 6) is 0. The lowest BCUT2D eigenvalue weighted by atomic mass is 10.1. The fraction of sp³-hybridized carbons (Fsp3) is 0.294. The number of para-hydroxylation sites is 1. The quantitative estimate of drug-likeness (QED) is 0.765. The zero-order valence-corrected chi connectivity index (χ0v) is 13.2. The van der Waals surface area contributed by atoms with E-state index in [1.54, 1.807) is 11.3 Å². The summed E-state index contributed by atoms with van der Waals surface area (Å²) in [4.78, 5) is 9.02. The number of benzene rings is 1. The molecule has 2 heterocycles. The molecule has 0 radical (unpaired) electrons. The molecule has 1 aromatic carbocycles. The largest absolute Gasteiger partial charge is 0.304 e. The van der Waals surface area contributed by atoms with Crippen LogP contribution in [0.4, 0.5) is 0 Å². The number of thiazole rings is 1. The predicted molar refractivity (Wildman–Crippen MR) is 88.5 cm³/mol. The van der Waals surface area contributed by atoms with Gasteiger partial charge < -0.3 is 5.32 Å². The van der Waals surface area contributed by atoms with Crippen LogP contribution < -0.4 is 5.32 Å². The number of aryl methyl sites for hydroxylation is 1. The maximum atomic E-state index is 4.60. The monoisotopic (exact) mass is 297 g/mol. The Morgan fingerprint density at radius 3 is 2.90 bits per heavy atom. The van der Waals surface area contributed by atoms with E-state index in [9.17, 15) is 0 Å². The third kappa shape index (κ3) is 3.12. The lowest BCUT2D eigenvalue weighted by Crippen LogP contribution is -2.20. The van der Waals surface area contributed by atoms with E-state index in [-0.39, 0.29) is 0 Å². The van der Waals surface area contributed by atoms with Crippen molar-refractivity contribution in [2.75, 3.05) is 0 Å². The molecular formula is C17H19N3S. The summed E-state index contributed by atoms with van der Waals surface area (Å²) in [6, 6.07) is 10.8. The van der Waals surface area contributed by atoms with Crippen LogP contribution >= 0.6 is 11.3 Å². The fourth-order valence-electron chi connectivity index (χ4n) is 2.59. The van der Waals surface area contributed by atoms with Gasteiger partial charge in [0.25, 0.3) is 0 Å². The standard InChI is InChI=1S/C17H19N3S/c1-3-15(17-18-8-9-21-17)19-11-13-10-12(2)20-16-7-5-4-6-14(13)16/h4-10,15,19H,3,11H2,1-2H3. The van der Waals surface area contributed by atoms with Gasteiger partial charge in [0.1, 0.15) is 5.01 Å². The van der Waals surface area contributed by atoms with E-state index >= 15 is 0 Å². The first-order valence-corrected chi connectivity index (χ1v) is 8.14. The summed E-state index contributed by atoms with van der Waals surface area (Å²) in [6.07, 6.45) is 2.91. The second-order valence-corrected chi connectivity index (χ2v) is 6.08. The normalized spacial score (nSPS) is 12.7. The highest BCUT2D eigenvalue weighted by atomic mass is 32.1. The van der Waals surface area contributed by atoms with Crippen molar-refractivity contribution < 1.29 is 0 Å². The smallest absolute Gasteiger partial charge is 0.109 e. The number of nitrogens with zero attached hydrogens (tertiary/aromatic N) is 2. The molecule has 0 amide bonds. The van der Waals surface area contributed by atoms with Gasteiger partial charge in [-0.2, -0.15) is 0 Å². The number of aromatic nitrogens is 2. The highest BCUT2D eigenvalue weighted by molar-refractivity contribution is 7.09. The van der Waals surface area contributed by atoms with Gasteiger partial charge in [0.05, 0.1) is 11.6 Å². The summed E-state index contributed by atoms with van der Waals surface area (Å²) in [5.41, 5.74) is 3.43. The Hall–Kier alpha value is -1.78. The molecule has 1 atom stereocenters. The molecule has 0 aliphatic heterocycles. The molecule has 0 bridgehead atoms. The third-order valence-corrected chi connectivity index (χ3v) is 4.52. The molecule has 1 N–H and O–H groups in total. The highest BCUT2D eigenvalue weighted by Gasteiger charge is 2.12. The van der Waals surface area contributed by atoms with Gasteiger partial charge in [-0.05, 0) is 31.0 Å². The van der Waals surface area contributed by atoms with Gasteiger partial charge in [-0.15, -0.1) is 11.3 Å². The van der Waals surface area contributed by atoms with Crippen molar-refractivity contribution in [3.63, 3.8) is 0 Å². The summed E-state index contributed by atoms with van der Waals surface area (Å²) < 4.78 is 0. The number of hydrogen-bond donors (Lipinski definition) is 1. The van der Waals surface area contributed by atoms with Gasteiger partial charge in [0, 0.05) is 29.2 Å². The minimum absolute atomic E-state index is 0.317.